The van der Waals surface area contributed by atoms with Gasteiger partial charge in [-0.25, -0.2) is 0 Å². The smallest absolute Gasteiger partial charge is 0.270 e. The largest absolute Gasteiger partial charge is 0.344 e. The van der Waals surface area contributed by atoms with Gasteiger partial charge in [-0.2, -0.15) is 0 Å². The molecule has 19 heavy (non-hydrogen) atoms. The summed E-state index contributed by atoms with van der Waals surface area (Å²) in [5.41, 5.74) is 0.0416. The Morgan fingerprint density at radius 3 is 2.79 bits per heavy atom. The van der Waals surface area contributed by atoms with Gasteiger partial charge in [-0.1, -0.05) is 31.2 Å². The molecule has 0 spiro atoms. The van der Waals surface area contributed by atoms with E-state index in [-0.39, 0.29) is 5.91 Å². The summed E-state index contributed by atoms with van der Waals surface area (Å²) in [6.45, 7) is 3.93. The fraction of sp³-hybridized carbons (Fsp3) is 0.333. The summed E-state index contributed by atoms with van der Waals surface area (Å²) in [6, 6.07) is 9.61. The molecule has 1 N–H and O–H groups in total. The van der Waals surface area contributed by atoms with Crippen molar-refractivity contribution in [2.75, 3.05) is 5.88 Å². The molecule has 1 amide bonds. The fourth-order valence-corrected chi connectivity index (χ4v) is 2.11. The number of fused-ring (bicyclic) bond motifs is 1. The van der Waals surface area contributed by atoms with Crippen LogP contribution in [0, 0.1) is 0 Å². The zero-order valence-electron chi connectivity index (χ0n) is 11.1. The van der Waals surface area contributed by atoms with E-state index in [4.69, 9.17) is 11.6 Å². The van der Waals surface area contributed by atoms with E-state index in [1.54, 1.807) is 6.20 Å². The molecule has 0 radical (unpaired) electrons. The highest BCUT2D eigenvalue weighted by Crippen LogP contribution is 2.18. The third-order valence-electron chi connectivity index (χ3n) is 3.38. The second-order valence-corrected chi connectivity index (χ2v) is 5.15. The molecule has 0 bridgehead atoms. The SMILES string of the molecule is CCC(C)(CCl)NC(=O)c1nccc2ccccc12. The van der Waals surface area contributed by atoms with Crippen LogP contribution in [0.1, 0.15) is 30.8 Å². The Morgan fingerprint density at radius 1 is 1.37 bits per heavy atom. The Labute approximate surface area is 118 Å². The Morgan fingerprint density at radius 2 is 2.11 bits per heavy atom. The summed E-state index contributed by atoms with van der Waals surface area (Å²) in [4.78, 5) is 16.6. The predicted molar refractivity (Wildman–Crippen MR) is 78.6 cm³/mol. The molecule has 2 aromatic rings. The van der Waals surface area contributed by atoms with E-state index in [1.165, 1.54) is 0 Å². The van der Waals surface area contributed by atoms with E-state index < -0.39 is 5.54 Å². The number of nitrogens with zero attached hydrogens (tertiary/aromatic N) is 1. The maximum atomic E-state index is 12.4. The highest BCUT2D eigenvalue weighted by molar-refractivity contribution is 6.19. The third-order valence-corrected chi connectivity index (χ3v) is 3.97. The monoisotopic (exact) mass is 276 g/mol. The number of aromatic nitrogens is 1. The van der Waals surface area contributed by atoms with Crippen molar-refractivity contribution in [3.63, 3.8) is 0 Å². The maximum absolute atomic E-state index is 12.4. The highest BCUT2D eigenvalue weighted by atomic mass is 35.5. The molecule has 100 valence electrons. The zero-order chi connectivity index (χ0) is 13.9. The van der Waals surface area contributed by atoms with Gasteiger partial charge >= 0.3 is 0 Å². The minimum absolute atomic E-state index is 0.179. The van der Waals surface area contributed by atoms with Gasteiger partial charge in [0.05, 0.1) is 5.54 Å². The Bertz CT molecular complexity index is 588. The first kappa shape index (κ1) is 13.8. The Kier molecular flexibility index (Phi) is 4.05. The molecule has 3 nitrogen and oxygen atoms in total. The molecule has 0 fully saturated rings. The molecule has 0 aliphatic rings. The van der Waals surface area contributed by atoms with E-state index in [0.717, 1.165) is 17.2 Å². The average molecular weight is 277 g/mol. The van der Waals surface area contributed by atoms with Crippen LogP contribution in [0.15, 0.2) is 36.5 Å². The van der Waals surface area contributed by atoms with E-state index in [9.17, 15) is 4.79 Å². The van der Waals surface area contributed by atoms with Crippen molar-refractivity contribution in [1.82, 2.24) is 10.3 Å². The summed E-state index contributed by atoms with van der Waals surface area (Å²) < 4.78 is 0. The topological polar surface area (TPSA) is 42.0 Å². The van der Waals surface area contributed by atoms with Gasteiger partial charge in [-0.3, -0.25) is 9.78 Å². The van der Waals surface area contributed by atoms with Crippen molar-refractivity contribution in [3.05, 3.63) is 42.2 Å². The third kappa shape index (κ3) is 2.87. The van der Waals surface area contributed by atoms with Crippen molar-refractivity contribution >= 4 is 28.3 Å². The molecule has 4 heteroatoms. The predicted octanol–water partition coefficient (Wildman–Crippen LogP) is 3.37. The second kappa shape index (κ2) is 5.57. The molecule has 1 heterocycles. The van der Waals surface area contributed by atoms with Crippen LogP contribution in [-0.4, -0.2) is 22.3 Å². The Hall–Kier alpha value is -1.61. The number of pyridine rings is 1. The fourth-order valence-electron chi connectivity index (χ4n) is 1.85. The molecule has 0 aliphatic carbocycles. The van der Waals surface area contributed by atoms with Gasteiger partial charge in [0.25, 0.3) is 5.91 Å². The van der Waals surface area contributed by atoms with Crippen molar-refractivity contribution < 1.29 is 4.79 Å². The van der Waals surface area contributed by atoms with E-state index >= 15 is 0 Å². The van der Waals surface area contributed by atoms with Crippen molar-refractivity contribution in [2.24, 2.45) is 0 Å². The highest BCUT2D eigenvalue weighted by Gasteiger charge is 2.25. The quantitative estimate of drug-likeness (QED) is 0.870. The number of halogens is 1. The van der Waals surface area contributed by atoms with Crippen LogP contribution in [0.25, 0.3) is 10.8 Å². The van der Waals surface area contributed by atoms with Crippen molar-refractivity contribution in [3.8, 4) is 0 Å². The minimum Gasteiger partial charge on any atom is -0.344 e. The first-order valence-corrected chi connectivity index (χ1v) is 6.85. The van der Waals surface area contributed by atoms with Gasteiger partial charge in [0.2, 0.25) is 0 Å². The number of hydrogen-bond donors (Lipinski definition) is 1. The molecular formula is C15H17ClN2O. The molecule has 0 saturated carbocycles. The lowest BCUT2D eigenvalue weighted by Gasteiger charge is -2.27. The Balaban J connectivity index is 2.37. The lowest BCUT2D eigenvalue weighted by Crippen LogP contribution is -2.47. The van der Waals surface area contributed by atoms with E-state index in [0.29, 0.717) is 11.6 Å². The summed E-state index contributed by atoms with van der Waals surface area (Å²) >= 11 is 5.92. The van der Waals surface area contributed by atoms with E-state index in [1.807, 2.05) is 44.2 Å². The van der Waals surface area contributed by atoms with Crippen molar-refractivity contribution in [1.29, 1.82) is 0 Å². The first-order valence-electron chi connectivity index (χ1n) is 6.32. The molecule has 0 saturated heterocycles. The number of nitrogens with one attached hydrogen (secondary N) is 1. The van der Waals surface area contributed by atoms with Crippen molar-refractivity contribution in [2.45, 2.75) is 25.8 Å². The second-order valence-electron chi connectivity index (χ2n) is 4.88. The normalized spacial score (nSPS) is 14.1. The first-order chi connectivity index (χ1) is 9.09. The van der Waals surface area contributed by atoms with Crippen LogP contribution in [-0.2, 0) is 0 Å². The lowest BCUT2D eigenvalue weighted by molar-refractivity contribution is 0.0909. The van der Waals surface area contributed by atoms with Crippen LogP contribution < -0.4 is 5.32 Å². The molecule has 1 unspecified atom stereocenters. The summed E-state index contributed by atoms with van der Waals surface area (Å²) in [7, 11) is 0. The van der Waals surface area contributed by atoms with Gasteiger partial charge in [0, 0.05) is 17.5 Å². The van der Waals surface area contributed by atoms with Gasteiger partial charge in [-0.15, -0.1) is 11.6 Å². The minimum atomic E-state index is -0.405. The summed E-state index contributed by atoms with van der Waals surface area (Å²) in [6.07, 6.45) is 2.42. The van der Waals surface area contributed by atoms with Crippen LogP contribution in [0.2, 0.25) is 0 Å². The number of hydrogen-bond acceptors (Lipinski definition) is 2. The van der Waals surface area contributed by atoms with Crippen LogP contribution in [0.4, 0.5) is 0 Å². The number of carbonyl (C=O) groups excluding carboxylic acids is 1. The van der Waals surface area contributed by atoms with Gasteiger partial charge in [-0.05, 0) is 24.8 Å². The number of benzene rings is 1. The van der Waals surface area contributed by atoms with Gasteiger partial charge in [0.1, 0.15) is 5.69 Å². The molecule has 1 aromatic heterocycles. The van der Waals surface area contributed by atoms with Crippen LogP contribution in [0.5, 0.6) is 0 Å². The van der Waals surface area contributed by atoms with Gasteiger partial charge < -0.3 is 5.32 Å². The summed E-state index contributed by atoms with van der Waals surface area (Å²) in [5, 5.41) is 4.83. The van der Waals surface area contributed by atoms with E-state index in [2.05, 4.69) is 10.3 Å². The van der Waals surface area contributed by atoms with Crippen LogP contribution >= 0.6 is 11.6 Å². The standard InChI is InChI=1S/C15H17ClN2O/c1-3-15(2,10-16)18-14(19)13-12-7-5-4-6-11(12)8-9-17-13/h4-9H,3,10H2,1-2H3,(H,18,19). The zero-order valence-corrected chi connectivity index (χ0v) is 11.9. The number of carbonyl (C=O) groups is 1. The average Bonchev–Trinajstić information content (AvgIpc) is 2.46. The summed E-state index contributed by atoms with van der Waals surface area (Å²) in [5.74, 6) is 0.196. The number of alkyl halides is 1. The maximum Gasteiger partial charge on any atom is 0.270 e. The molecule has 1 atom stereocenters. The number of rotatable bonds is 4. The number of amides is 1. The van der Waals surface area contributed by atoms with Crippen LogP contribution in [0.3, 0.4) is 0 Å². The molecule has 0 aliphatic heterocycles. The molecule has 2 rings (SSSR count). The molecular weight excluding hydrogens is 260 g/mol. The molecule has 1 aromatic carbocycles. The van der Waals surface area contributed by atoms with Gasteiger partial charge in [0.15, 0.2) is 0 Å². The lowest BCUT2D eigenvalue weighted by atomic mass is 10.0.